The highest BCUT2D eigenvalue weighted by atomic mass is 16.6. The van der Waals surface area contributed by atoms with Gasteiger partial charge in [-0.15, -0.1) is 0 Å². The molecular formula is C19H24N2O2. The molecule has 0 N–H and O–H groups in total. The molecule has 0 aliphatic rings. The molecule has 0 aliphatic heterocycles. The number of pyridine rings is 1. The van der Waals surface area contributed by atoms with Gasteiger partial charge in [0.1, 0.15) is 11.4 Å². The first-order valence-corrected chi connectivity index (χ1v) is 7.70. The van der Waals surface area contributed by atoms with Crippen molar-refractivity contribution in [1.82, 2.24) is 4.98 Å². The Morgan fingerprint density at radius 2 is 1.70 bits per heavy atom. The fourth-order valence-electron chi connectivity index (χ4n) is 2.32. The Hall–Kier alpha value is -2.36. The molecule has 23 heavy (non-hydrogen) atoms. The fourth-order valence-corrected chi connectivity index (χ4v) is 2.32. The Morgan fingerprint density at radius 1 is 1.04 bits per heavy atom. The number of amides is 1. The second kappa shape index (κ2) is 6.41. The number of rotatable bonds is 2. The van der Waals surface area contributed by atoms with Crippen molar-refractivity contribution >= 4 is 17.6 Å². The maximum atomic E-state index is 12.8. The van der Waals surface area contributed by atoms with Gasteiger partial charge in [-0.3, -0.25) is 0 Å². The first kappa shape index (κ1) is 17.0. The minimum atomic E-state index is -0.572. The van der Waals surface area contributed by atoms with E-state index in [0.717, 1.165) is 22.4 Å². The van der Waals surface area contributed by atoms with Crippen LogP contribution in [0.5, 0.6) is 0 Å². The van der Waals surface area contributed by atoms with Gasteiger partial charge in [-0.1, -0.05) is 17.7 Å². The number of carbonyl (C=O) groups is 1. The first-order chi connectivity index (χ1) is 10.7. The zero-order chi connectivity index (χ0) is 17.2. The quantitative estimate of drug-likeness (QED) is 0.776. The number of ether oxygens (including phenoxy) is 1. The van der Waals surface area contributed by atoms with E-state index < -0.39 is 11.7 Å². The first-order valence-electron chi connectivity index (χ1n) is 7.70. The maximum absolute atomic E-state index is 12.8. The molecule has 4 nitrogen and oxygen atoms in total. The predicted molar refractivity (Wildman–Crippen MR) is 93.3 cm³/mol. The average molecular weight is 312 g/mol. The van der Waals surface area contributed by atoms with E-state index in [-0.39, 0.29) is 0 Å². The van der Waals surface area contributed by atoms with Crippen LogP contribution in [0, 0.1) is 20.8 Å². The van der Waals surface area contributed by atoms with Crippen molar-refractivity contribution in [2.24, 2.45) is 0 Å². The van der Waals surface area contributed by atoms with E-state index in [2.05, 4.69) is 4.98 Å². The van der Waals surface area contributed by atoms with Gasteiger partial charge >= 0.3 is 6.09 Å². The predicted octanol–water partition coefficient (Wildman–Crippen LogP) is 5.08. The molecule has 1 amide bonds. The van der Waals surface area contributed by atoms with Gasteiger partial charge in [-0.25, -0.2) is 14.7 Å². The van der Waals surface area contributed by atoms with Crippen molar-refractivity contribution in [1.29, 1.82) is 0 Å². The van der Waals surface area contributed by atoms with Crippen molar-refractivity contribution in [3.05, 3.63) is 53.2 Å². The minimum absolute atomic E-state index is 0.428. The van der Waals surface area contributed by atoms with Gasteiger partial charge in [0.15, 0.2) is 0 Å². The van der Waals surface area contributed by atoms with Crippen LogP contribution in [-0.2, 0) is 4.74 Å². The third kappa shape index (κ3) is 4.31. The van der Waals surface area contributed by atoms with Crippen LogP contribution in [-0.4, -0.2) is 16.7 Å². The summed E-state index contributed by atoms with van der Waals surface area (Å²) in [5.41, 5.74) is 3.39. The summed E-state index contributed by atoms with van der Waals surface area (Å²) >= 11 is 0. The van der Waals surface area contributed by atoms with Crippen molar-refractivity contribution in [2.75, 3.05) is 4.90 Å². The second-order valence-electron chi connectivity index (χ2n) is 6.80. The minimum Gasteiger partial charge on any atom is -0.443 e. The number of nitrogens with zero attached hydrogens (tertiary/aromatic N) is 2. The molecule has 1 aromatic heterocycles. The van der Waals surface area contributed by atoms with E-state index in [1.807, 2.05) is 71.9 Å². The SMILES string of the molecule is Cc1ccnc(N(C(=O)OC(C)(C)C)c2ccc(C)cc2C)c1. The molecule has 1 heterocycles. The lowest BCUT2D eigenvalue weighted by molar-refractivity contribution is 0.0598. The topological polar surface area (TPSA) is 42.4 Å². The number of benzene rings is 1. The van der Waals surface area contributed by atoms with Crippen molar-refractivity contribution in [2.45, 2.75) is 47.1 Å². The number of aromatic nitrogens is 1. The molecule has 2 rings (SSSR count). The highest BCUT2D eigenvalue weighted by Gasteiger charge is 2.26. The lowest BCUT2D eigenvalue weighted by Crippen LogP contribution is -2.34. The molecule has 0 spiro atoms. The summed E-state index contributed by atoms with van der Waals surface area (Å²) in [4.78, 5) is 18.7. The average Bonchev–Trinajstić information content (AvgIpc) is 2.39. The highest BCUT2D eigenvalue weighted by molar-refractivity contribution is 5.96. The second-order valence-corrected chi connectivity index (χ2v) is 6.80. The summed E-state index contributed by atoms with van der Waals surface area (Å²) in [6.07, 6.45) is 1.27. The molecule has 1 aromatic carbocycles. The van der Waals surface area contributed by atoms with Crippen LogP contribution in [0.4, 0.5) is 16.3 Å². The molecule has 0 bridgehead atoms. The summed E-state index contributed by atoms with van der Waals surface area (Å²) in [6.45, 7) is 11.5. The Morgan fingerprint density at radius 3 is 2.26 bits per heavy atom. The van der Waals surface area contributed by atoms with Gasteiger partial charge in [0.05, 0.1) is 5.69 Å². The summed E-state index contributed by atoms with van der Waals surface area (Å²) in [5, 5.41) is 0. The molecule has 0 aliphatic carbocycles. The van der Waals surface area contributed by atoms with Crippen molar-refractivity contribution < 1.29 is 9.53 Å². The largest absolute Gasteiger partial charge is 0.443 e. The van der Waals surface area contributed by atoms with Gasteiger partial charge in [-0.05, 0) is 70.9 Å². The van der Waals surface area contributed by atoms with E-state index in [4.69, 9.17) is 4.74 Å². The Bertz CT molecular complexity index is 718. The number of carbonyl (C=O) groups excluding carboxylic acids is 1. The van der Waals surface area contributed by atoms with Crippen LogP contribution in [0.1, 0.15) is 37.5 Å². The molecule has 0 saturated heterocycles. The zero-order valence-electron chi connectivity index (χ0n) is 14.7. The lowest BCUT2D eigenvalue weighted by Gasteiger charge is -2.28. The monoisotopic (exact) mass is 312 g/mol. The molecule has 0 radical (unpaired) electrons. The van der Waals surface area contributed by atoms with E-state index >= 15 is 0 Å². The van der Waals surface area contributed by atoms with Gasteiger partial charge in [-0.2, -0.15) is 0 Å². The van der Waals surface area contributed by atoms with E-state index in [0.29, 0.717) is 5.82 Å². The highest BCUT2D eigenvalue weighted by Crippen LogP contribution is 2.30. The molecule has 2 aromatic rings. The molecular weight excluding hydrogens is 288 g/mol. The van der Waals surface area contributed by atoms with Crippen LogP contribution >= 0.6 is 0 Å². The number of anilines is 2. The Balaban J connectivity index is 2.53. The van der Waals surface area contributed by atoms with Crippen molar-refractivity contribution in [3.63, 3.8) is 0 Å². The third-order valence-corrected chi connectivity index (χ3v) is 3.30. The number of hydrogen-bond donors (Lipinski definition) is 0. The molecule has 4 heteroatoms. The smallest absolute Gasteiger partial charge is 0.420 e. The molecule has 122 valence electrons. The van der Waals surface area contributed by atoms with Gasteiger partial charge in [0.25, 0.3) is 0 Å². The maximum Gasteiger partial charge on any atom is 0.420 e. The number of aryl methyl sites for hydroxylation is 3. The van der Waals surface area contributed by atoms with Gasteiger partial charge in [0, 0.05) is 6.20 Å². The molecule has 0 fully saturated rings. The van der Waals surface area contributed by atoms with Crippen LogP contribution in [0.25, 0.3) is 0 Å². The Kier molecular flexibility index (Phi) is 4.73. The lowest BCUT2D eigenvalue weighted by atomic mass is 10.1. The van der Waals surface area contributed by atoms with E-state index in [1.165, 1.54) is 4.90 Å². The third-order valence-electron chi connectivity index (χ3n) is 3.30. The van der Waals surface area contributed by atoms with Crippen molar-refractivity contribution in [3.8, 4) is 0 Å². The zero-order valence-corrected chi connectivity index (χ0v) is 14.7. The summed E-state index contributed by atoms with van der Waals surface area (Å²) in [6, 6.07) is 9.73. The normalized spacial score (nSPS) is 11.2. The van der Waals surface area contributed by atoms with Crippen LogP contribution in [0.15, 0.2) is 36.5 Å². The van der Waals surface area contributed by atoms with Crippen LogP contribution in [0.2, 0.25) is 0 Å². The molecule has 0 saturated carbocycles. The van der Waals surface area contributed by atoms with Crippen LogP contribution in [0.3, 0.4) is 0 Å². The fraction of sp³-hybridized carbons (Fsp3) is 0.368. The standard InChI is InChI=1S/C19H24N2O2/c1-13-7-8-16(15(3)11-13)21(18(22)23-19(4,5)6)17-12-14(2)9-10-20-17/h7-12H,1-6H3. The summed E-state index contributed by atoms with van der Waals surface area (Å²) < 4.78 is 5.58. The summed E-state index contributed by atoms with van der Waals surface area (Å²) in [7, 11) is 0. The van der Waals surface area contributed by atoms with Crippen LogP contribution < -0.4 is 4.90 Å². The summed E-state index contributed by atoms with van der Waals surface area (Å²) in [5.74, 6) is 0.561. The molecule has 0 unspecified atom stereocenters. The molecule has 0 atom stereocenters. The van der Waals surface area contributed by atoms with E-state index in [1.54, 1.807) is 6.20 Å². The number of hydrogen-bond acceptors (Lipinski definition) is 3. The van der Waals surface area contributed by atoms with E-state index in [9.17, 15) is 4.79 Å². The van der Waals surface area contributed by atoms with Gasteiger partial charge < -0.3 is 4.74 Å². The van der Waals surface area contributed by atoms with Gasteiger partial charge in [0.2, 0.25) is 0 Å². The Labute approximate surface area is 138 Å².